The van der Waals surface area contributed by atoms with E-state index in [1.54, 1.807) is 37.3 Å². The fourth-order valence-electron chi connectivity index (χ4n) is 6.33. The van der Waals surface area contributed by atoms with Gasteiger partial charge in [0, 0.05) is 53.7 Å². The molecule has 2 aliphatic rings. The summed E-state index contributed by atoms with van der Waals surface area (Å²) in [4.78, 5) is 44.6. The summed E-state index contributed by atoms with van der Waals surface area (Å²) in [6.45, 7) is 7.39. The molecule has 0 saturated heterocycles. The average molecular weight is 609 g/mol. The third-order valence-corrected chi connectivity index (χ3v) is 8.67. The lowest BCUT2D eigenvalue weighted by molar-refractivity contribution is -0.384. The molecule has 4 aromatic carbocycles. The number of aryl methyl sites for hydroxylation is 1. The van der Waals surface area contributed by atoms with Gasteiger partial charge in [-0.3, -0.25) is 19.5 Å². The van der Waals surface area contributed by atoms with E-state index in [0.717, 1.165) is 24.8 Å². The molecule has 3 heterocycles. The van der Waals surface area contributed by atoms with Gasteiger partial charge in [-0.25, -0.2) is 9.78 Å². The summed E-state index contributed by atoms with van der Waals surface area (Å²) in [6.07, 6.45) is 0. The quantitative estimate of drug-likeness (QED) is 0.123. The Morgan fingerprint density at radius 1 is 0.955 bits per heavy atom. The first kappa shape index (κ1) is 27.6. The van der Waals surface area contributed by atoms with E-state index in [1.807, 2.05) is 30.3 Å². The van der Waals surface area contributed by atoms with Crippen LogP contribution in [0.1, 0.15) is 46.7 Å². The Kier molecular flexibility index (Phi) is 6.22. The lowest BCUT2D eigenvalue weighted by Crippen LogP contribution is -2.33. The third-order valence-electron chi connectivity index (χ3n) is 8.37. The summed E-state index contributed by atoms with van der Waals surface area (Å²) in [5.41, 5.74) is 1.93. The Balaban J connectivity index is 1.46. The minimum atomic E-state index is -1.27. The van der Waals surface area contributed by atoms with Gasteiger partial charge in [0.25, 0.3) is 11.2 Å². The van der Waals surface area contributed by atoms with E-state index in [4.69, 9.17) is 21.1 Å². The zero-order chi connectivity index (χ0) is 30.9. The van der Waals surface area contributed by atoms with E-state index in [-0.39, 0.29) is 21.6 Å². The molecule has 0 amide bonds. The maximum Gasteiger partial charge on any atom is 0.340 e. The van der Waals surface area contributed by atoms with Gasteiger partial charge in [0.15, 0.2) is 5.60 Å². The number of fused-ring (bicyclic) bond motifs is 7. The Bertz CT molecular complexity index is 2120. The molecule has 0 bridgehead atoms. The number of nitro benzene ring substituents is 1. The largest absolute Gasteiger partial charge is 0.456 e. The molecular formula is C33H25ClN4O6. The Labute approximate surface area is 256 Å². The third kappa shape index (κ3) is 3.84. The summed E-state index contributed by atoms with van der Waals surface area (Å²) in [5, 5.41) is 11.5. The van der Waals surface area contributed by atoms with E-state index < -0.39 is 22.1 Å². The molecule has 7 rings (SSSR count). The van der Waals surface area contributed by atoms with Gasteiger partial charge in [0.1, 0.15) is 22.3 Å². The minimum Gasteiger partial charge on any atom is -0.456 e. The van der Waals surface area contributed by atoms with Crippen molar-refractivity contribution in [2.45, 2.75) is 26.4 Å². The molecule has 0 radical (unpaired) electrons. The summed E-state index contributed by atoms with van der Waals surface area (Å²) in [6, 6.07) is 20.8. The summed E-state index contributed by atoms with van der Waals surface area (Å²) in [7, 11) is 0. The number of esters is 1. The second-order valence-corrected chi connectivity index (χ2v) is 11.0. The van der Waals surface area contributed by atoms with Gasteiger partial charge < -0.3 is 14.4 Å². The average Bonchev–Trinajstić information content (AvgIpc) is 3.29. The molecule has 2 aliphatic heterocycles. The van der Waals surface area contributed by atoms with E-state index in [9.17, 15) is 19.7 Å². The van der Waals surface area contributed by atoms with Gasteiger partial charge in [-0.15, -0.1) is 0 Å². The highest BCUT2D eigenvalue weighted by atomic mass is 35.5. The normalized spacial score (nSPS) is 16.2. The molecular weight excluding hydrogens is 584 g/mol. The van der Waals surface area contributed by atoms with Crippen molar-refractivity contribution in [2.75, 3.05) is 18.0 Å². The fourth-order valence-corrected chi connectivity index (χ4v) is 6.56. The van der Waals surface area contributed by atoms with Crippen LogP contribution in [0.4, 0.5) is 11.4 Å². The first-order valence-electron chi connectivity index (χ1n) is 14.1. The van der Waals surface area contributed by atoms with E-state index in [2.05, 4.69) is 23.7 Å². The number of anilines is 1. The number of carbonyl (C=O) groups is 1. The SMILES string of the molecule is CCN(CC)c1ccc2c(c1)Oc1cc(-n3c(C)nc4cc(Cl)c([N+](=O)[O-])cc4c3=O)ccc1C21OC(=O)c2ccccc21. The molecule has 220 valence electrons. The van der Waals surface area contributed by atoms with Crippen molar-refractivity contribution in [1.29, 1.82) is 0 Å². The molecule has 1 spiro atoms. The first-order valence-corrected chi connectivity index (χ1v) is 14.5. The van der Waals surface area contributed by atoms with E-state index in [0.29, 0.717) is 45.3 Å². The number of rotatable bonds is 5. The molecule has 0 saturated carbocycles. The first-order chi connectivity index (χ1) is 21.2. The predicted molar refractivity (Wildman–Crippen MR) is 166 cm³/mol. The lowest BCUT2D eigenvalue weighted by Gasteiger charge is -2.37. The van der Waals surface area contributed by atoms with Crippen LogP contribution in [0, 0.1) is 17.0 Å². The van der Waals surface area contributed by atoms with Crippen molar-refractivity contribution >= 4 is 39.8 Å². The number of aromatic nitrogens is 2. The van der Waals surface area contributed by atoms with Crippen molar-refractivity contribution in [3.05, 3.63) is 126 Å². The van der Waals surface area contributed by atoms with Crippen LogP contribution in [0.3, 0.4) is 0 Å². The van der Waals surface area contributed by atoms with Crippen LogP contribution in [0.15, 0.2) is 77.6 Å². The Morgan fingerprint density at radius 2 is 1.66 bits per heavy atom. The number of nitro groups is 1. The number of benzene rings is 4. The number of nitrogens with zero attached hydrogens (tertiary/aromatic N) is 4. The van der Waals surface area contributed by atoms with E-state index >= 15 is 0 Å². The predicted octanol–water partition coefficient (Wildman–Crippen LogP) is 6.67. The van der Waals surface area contributed by atoms with Crippen LogP contribution < -0.4 is 15.2 Å². The summed E-state index contributed by atoms with van der Waals surface area (Å²) >= 11 is 6.09. The van der Waals surface area contributed by atoms with Crippen molar-refractivity contribution in [3.63, 3.8) is 0 Å². The molecule has 1 unspecified atom stereocenters. The van der Waals surface area contributed by atoms with Gasteiger partial charge in [-0.2, -0.15) is 0 Å². The minimum absolute atomic E-state index is 0.0506. The van der Waals surface area contributed by atoms with Gasteiger partial charge in [0.05, 0.1) is 27.1 Å². The Hall–Kier alpha value is -5.22. The van der Waals surface area contributed by atoms with Crippen LogP contribution in [0.2, 0.25) is 5.02 Å². The highest BCUT2D eigenvalue weighted by molar-refractivity contribution is 6.33. The molecule has 5 aromatic rings. The van der Waals surface area contributed by atoms with Crippen molar-refractivity contribution in [1.82, 2.24) is 9.55 Å². The summed E-state index contributed by atoms with van der Waals surface area (Å²) < 4.78 is 14.2. The zero-order valence-electron chi connectivity index (χ0n) is 24.0. The monoisotopic (exact) mass is 608 g/mol. The van der Waals surface area contributed by atoms with Crippen LogP contribution in [-0.4, -0.2) is 33.5 Å². The number of hydrogen-bond acceptors (Lipinski definition) is 8. The molecule has 11 heteroatoms. The van der Waals surface area contributed by atoms with Crippen molar-refractivity contribution in [3.8, 4) is 17.2 Å². The van der Waals surface area contributed by atoms with Crippen LogP contribution in [0.5, 0.6) is 11.5 Å². The van der Waals surface area contributed by atoms with Crippen LogP contribution >= 0.6 is 11.6 Å². The molecule has 1 atom stereocenters. The smallest absolute Gasteiger partial charge is 0.340 e. The van der Waals surface area contributed by atoms with Crippen molar-refractivity contribution in [2.24, 2.45) is 0 Å². The number of halogens is 1. The maximum atomic E-state index is 13.8. The molecule has 10 nitrogen and oxygen atoms in total. The molecule has 44 heavy (non-hydrogen) atoms. The molecule has 0 fully saturated rings. The van der Waals surface area contributed by atoms with Gasteiger partial charge in [0.2, 0.25) is 0 Å². The van der Waals surface area contributed by atoms with Gasteiger partial charge in [-0.1, -0.05) is 29.8 Å². The number of hydrogen-bond donors (Lipinski definition) is 0. The zero-order valence-corrected chi connectivity index (χ0v) is 24.7. The fraction of sp³-hybridized carbons (Fsp3) is 0.182. The highest BCUT2D eigenvalue weighted by Crippen LogP contribution is 2.56. The standard InChI is InChI=1S/C33H25ClN4O6/c1-4-36(5-2)19-10-12-24-29(14-19)43-30-15-20(11-13-25(30)33(24)23-9-7-6-8-21(23)32(40)44-33)37-18(3)35-27-17-26(34)28(38(41)42)16-22(27)31(37)39/h6-17H,4-5H2,1-3H3. The molecule has 0 N–H and O–H groups in total. The van der Waals surface area contributed by atoms with Crippen LogP contribution in [0.25, 0.3) is 16.6 Å². The second-order valence-electron chi connectivity index (χ2n) is 10.6. The second kappa shape index (κ2) is 9.92. The maximum absolute atomic E-state index is 13.8. The van der Waals surface area contributed by atoms with E-state index in [1.165, 1.54) is 10.6 Å². The van der Waals surface area contributed by atoms with Gasteiger partial charge in [-0.05, 0) is 57.2 Å². The Morgan fingerprint density at radius 3 is 2.39 bits per heavy atom. The number of ether oxygens (including phenoxy) is 2. The van der Waals surface area contributed by atoms with Crippen LogP contribution in [-0.2, 0) is 10.3 Å². The highest BCUT2D eigenvalue weighted by Gasteiger charge is 2.53. The lowest BCUT2D eigenvalue weighted by atomic mass is 9.77. The number of carbonyl (C=O) groups excluding carboxylic acids is 1. The molecule has 1 aromatic heterocycles. The van der Waals surface area contributed by atoms with Gasteiger partial charge >= 0.3 is 5.97 Å². The van der Waals surface area contributed by atoms with Crippen molar-refractivity contribution < 1.29 is 19.2 Å². The topological polar surface area (TPSA) is 117 Å². The molecule has 0 aliphatic carbocycles. The summed E-state index contributed by atoms with van der Waals surface area (Å²) in [5.74, 6) is 0.821.